The highest BCUT2D eigenvalue weighted by Gasteiger charge is 2.20. The van der Waals surface area contributed by atoms with Crippen molar-refractivity contribution >= 4 is 35.2 Å². The minimum atomic E-state index is -0.367. The number of hydrogen-bond acceptors (Lipinski definition) is 3. The Labute approximate surface area is 131 Å². The summed E-state index contributed by atoms with van der Waals surface area (Å²) in [7, 11) is 0. The van der Waals surface area contributed by atoms with Gasteiger partial charge in [-0.15, -0.1) is 0 Å². The molecule has 6 heteroatoms. The second kappa shape index (κ2) is 5.99. The van der Waals surface area contributed by atoms with Crippen LogP contribution in [0, 0.1) is 5.82 Å². The van der Waals surface area contributed by atoms with Gasteiger partial charge in [-0.1, -0.05) is 29.8 Å². The van der Waals surface area contributed by atoms with Crippen LogP contribution in [0.25, 0.3) is 6.08 Å². The van der Waals surface area contributed by atoms with E-state index in [0.717, 1.165) is 0 Å². The Bertz CT molecular complexity index is 801. The third-order valence-electron chi connectivity index (χ3n) is 2.94. The smallest absolute Gasteiger partial charge is 0.276 e. The van der Waals surface area contributed by atoms with Crippen molar-refractivity contribution in [3.63, 3.8) is 0 Å². The van der Waals surface area contributed by atoms with Crippen molar-refractivity contribution in [2.75, 3.05) is 5.32 Å². The average Bonchev–Trinajstić information content (AvgIpc) is 2.79. The molecule has 1 aliphatic rings. The third kappa shape index (κ3) is 3.32. The molecule has 2 N–H and O–H groups in total. The maximum absolute atomic E-state index is 13.1. The van der Waals surface area contributed by atoms with Crippen molar-refractivity contribution in [3.05, 3.63) is 70.6 Å². The number of nitrogens with zero attached hydrogens (tertiary/aromatic N) is 1. The minimum absolute atomic E-state index is 0.204. The van der Waals surface area contributed by atoms with E-state index in [1.807, 2.05) is 0 Å². The van der Waals surface area contributed by atoms with Gasteiger partial charge in [0.2, 0.25) is 5.96 Å². The molecular weight excluding hydrogens is 305 g/mol. The lowest BCUT2D eigenvalue weighted by molar-refractivity contribution is -0.115. The first-order valence-electron chi connectivity index (χ1n) is 6.50. The van der Waals surface area contributed by atoms with Crippen LogP contribution in [0.2, 0.25) is 5.02 Å². The summed E-state index contributed by atoms with van der Waals surface area (Å²) in [5.41, 5.74) is 1.48. The summed E-state index contributed by atoms with van der Waals surface area (Å²) < 4.78 is 13.1. The normalized spacial score (nSPS) is 15.6. The van der Waals surface area contributed by atoms with Crippen LogP contribution in [0.15, 0.2) is 59.2 Å². The molecule has 0 saturated carbocycles. The number of benzene rings is 2. The Morgan fingerprint density at radius 3 is 2.77 bits per heavy atom. The van der Waals surface area contributed by atoms with Gasteiger partial charge < -0.3 is 5.32 Å². The second-order valence-electron chi connectivity index (χ2n) is 4.63. The lowest BCUT2D eigenvalue weighted by Gasteiger charge is -2.04. The summed E-state index contributed by atoms with van der Waals surface area (Å²) in [6.45, 7) is 0. The van der Waals surface area contributed by atoms with Crippen molar-refractivity contribution in [3.8, 4) is 0 Å². The summed E-state index contributed by atoms with van der Waals surface area (Å²) in [5, 5.41) is 6.13. The van der Waals surface area contributed by atoms with Crippen LogP contribution in [0.5, 0.6) is 0 Å². The second-order valence-corrected chi connectivity index (χ2v) is 5.07. The maximum Gasteiger partial charge on any atom is 0.276 e. The van der Waals surface area contributed by atoms with E-state index in [1.54, 1.807) is 36.4 Å². The van der Waals surface area contributed by atoms with Gasteiger partial charge in [0.15, 0.2) is 0 Å². The summed E-state index contributed by atoms with van der Waals surface area (Å²) >= 11 is 5.90. The van der Waals surface area contributed by atoms with E-state index in [9.17, 15) is 9.18 Å². The summed E-state index contributed by atoms with van der Waals surface area (Å²) in [4.78, 5) is 16.0. The molecule has 1 heterocycles. The van der Waals surface area contributed by atoms with Crippen molar-refractivity contribution in [2.24, 2.45) is 4.99 Å². The van der Waals surface area contributed by atoms with E-state index >= 15 is 0 Å². The molecule has 2 aromatic rings. The van der Waals surface area contributed by atoms with Crippen LogP contribution < -0.4 is 10.6 Å². The molecular formula is C16H11ClFN3O. The number of rotatable bonds is 2. The SMILES string of the molecule is O=C1NC(Nc2cccc(Cl)c2)=N/C1=C\c1cccc(F)c1. The number of carbonyl (C=O) groups excluding carboxylic acids is 1. The number of hydrogen-bond donors (Lipinski definition) is 2. The molecule has 3 rings (SSSR count). The Morgan fingerprint density at radius 1 is 1.18 bits per heavy atom. The van der Waals surface area contributed by atoms with Crippen LogP contribution in [-0.4, -0.2) is 11.9 Å². The fourth-order valence-corrected chi connectivity index (χ4v) is 2.18. The van der Waals surface area contributed by atoms with Gasteiger partial charge >= 0.3 is 0 Å². The quantitative estimate of drug-likeness (QED) is 0.834. The number of amides is 1. The molecule has 22 heavy (non-hydrogen) atoms. The van der Waals surface area contributed by atoms with E-state index in [4.69, 9.17) is 11.6 Å². The summed E-state index contributed by atoms with van der Waals surface area (Å²) in [6.07, 6.45) is 1.52. The van der Waals surface area contributed by atoms with E-state index in [2.05, 4.69) is 15.6 Å². The summed E-state index contributed by atoms with van der Waals surface area (Å²) in [6, 6.07) is 13.0. The molecule has 0 unspecified atom stereocenters. The van der Waals surface area contributed by atoms with E-state index < -0.39 is 0 Å². The number of halogens is 2. The molecule has 1 amide bonds. The van der Waals surface area contributed by atoms with Crippen LogP contribution >= 0.6 is 11.6 Å². The molecule has 0 fully saturated rings. The topological polar surface area (TPSA) is 53.5 Å². The van der Waals surface area contributed by atoms with Gasteiger partial charge in [0.1, 0.15) is 11.5 Å². The van der Waals surface area contributed by atoms with Crippen LogP contribution in [0.3, 0.4) is 0 Å². The third-order valence-corrected chi connectivity index (χ3v) is 3.17. The largest absolute Gasteiger partial charge is 0.326 e. The highest BCUT2D eigenvalue weighted by atomic mass is 35.5. The molecule has 0 atom stereocenters. The van der Waals surface area contributed by atoms with Gasteiger partial charge in [-0.05, 0) is 42.0 Å². The van der Waals surface area contributed by atoms with Gasteiger partial charge in [-0.25, -0.2) is 9.38 Å². The molecule has 0 spiro atoms. The number of guanidine groups is 1. The van der Waals surface area contributed by atoms with Gasteiger partial charge in [0, 0.05) is 10.7 Å². The lowest BCUT2D eigenvalue weighted by atomic mass is 10.2. The number of aliphatic imine (C=N–C) groups is 1. The van der Waals surface area contributed by atoms with Crippen LogP contribution in [0.1, 0.15) is 5.56 Å². The fourth-order valence-electron chi connectivity index (χ4n) is 1.98. The lowest BCUT2D eigenvalue weighted by Crippen LogP contribution is -2.29. The fraction of sp³-hybridized carbons (Fsp3) is 0. The predicted octanol–water partition coefficient (Wildman–Crippen LogP) is 3.42. The number of nitrogens with one attached hydrogen (secondary N) is 2. The average molecular weight is 316 g/mol. The van der Waals surface area contributed by atoms with Gasteiger partial charge in [-0.2, -0.15) is 0 Å². The van der Waals surface area contributed by atoms with Gasteiger partial charge in [0.05, 0.1) is 0 Å². The van der Waals surface area contributed by atoms with Crippen molar-refractivity contribution in [2.45, 2.75) is 0 Å². The van der Waals surface area contributed by atoms with E-state index in [0.29, 0.717) is 22.2 Å². The monoisotopic (exact) mass is 315 g/mol. The molecule has 0 aliphatic carbocycles. The standard InChI is InChI=1S/C16H11ClFN3O/c17-11-4-2-6-13(9-11)19-16-20-14(15(22)21-16)8-10-3-1-5-12(18)7-10/h1-9H,(H2,19,20,21,22)/b14-8-. The molecule has 0 radical (unpaired) electrons. The molecule has 0 saturated heterocycles. The molecule has 0 bridgehead atoms. The first-order chi connectivity index (χ1) is 10.6. The first kappa shape index (κ1) is 14.3. The first-order valence-corrected chi connectivity index (χ1v) is 6.88. The summed E-state index contributed by atoms with van der Waals surface area (Å²) in [5.74, 6) is -0.419. The zero-order chi connectivity index (χ0) is 15.5. The molecule has 110 valence electrons. The number of carbonyl (C=O) groups is 1. The molecule has 2 aromatic carbocycles. The highest BCUT2D eigenvalue weighted by molar-refractivity contribution is 6.31. The van der Waals surface area contributed by atoms with Crippen LogP contribution in [-0.2, 0) is 4.79 Å². The number of anilines is 1. The van der Waals surface area contributed by atoms with E-state index in [1.165, 1.54) is 18.2 Å². The molecule has 0 aromatic heterocycles. The van der Waals surface area contributed by atoms with Crippen molar-refractivity contribution in [1.82, 2.24) is 5.32 Å². The Morgan fingerprint density at radius 2 is 2.00 bits per heavy atom. The Hall–Kier alpha value is -2.66. The highest BCUT2D eigenvalue weighted by Crippen LogP contribution is 2.17. The Kier molecular flexibility index (Phi) is 3.89. The Balaban J connectivity index is 1.82. The minimum Gasteiger partial charge on any atom is -0.326 e. The van der Waals surface area contributed by atoms with Gasteiger partial charge in [-0.3, -0.25) is 10.1 Å². The maximum atomic E-state index is 13.1. The predicted molar refractivity (Wildman–Crippen MR) is 85.0 cm³/mol. The molecule has 1 aliphatic heterocycles. The zero-order valence-corrected chi connectivity index (χ0v) is 12.1. The van der Waals surface area contributed by atoms with Crippen molar-refractivity contribution < 1.29 is 9.18 Å². The van der Waals surface area contributed by atoms with Crippen molar-refractivity contribution in [1.29, 1.82) is 0 Å². The van der Waals surface area contributed by atoms with Gasteiger partial charge in [0.25, 0.3) is 5.91 Å². The zero-order valence-electron chi connectivity index (χ0n) is 11.3. The van der Waals surface area contributed by atoms with E-state index in [-0.39, 0.29) is 17.4 Å². The molecule has 4 nitrogen and oxygen atoms in total. The van der Waals surface area contributed by atoms with Crippen LogP contribution in [0.4, 0.5) is 10.1 Å².